The Morgan fingerprint density at radius 1 is 0.974 bits per heavy atom. The van der Waals surface area contributed by atoms with Crippen molar-refractivity contribution in [2.75, 3.05) is 44.8 Å². The summed E-state index contributed by atoms with van der Waals surface area (Å²) in [5.41, 5.74) is 2.80. The zero-order valence-electron chi connectivity index (χ0n) is 21.4. The maximum absolute atomic E-state index is 13.3. The van der Waals surface area contributed by atoms with Gasteiger partial charge in [0, 0.05) is 36.8 Å². The molecule has 10 heteroatoms. The third-order valence-corrected chi connectivity index (χ3v) is 6.87. The molecule has 3 aromatic rings. The van der Waals surface area contributed by atoms with E-state index in [0.717, 1.165) is 42.1 Å². The van der Waals surface area contributed by atoms with Gasteiger partial charge in [-0.1, -0.05) is 18.2 Å². The number of pyridine rings is 2. The number of nitrogens with one attached hydrogen (secondary N) is 3. The minimum absolute atomic E-state index is 0.000811. The fourth-order valence-electron chi connectivity index (χ4n) is 4.78. The lowest BCUT2D eigenvalue weighted by Gasteiger charge is -2.28. The van der Waals surface area contributed by atoms with Gasteiger partial charge in [-0.15, -0.1) is 0 Å². The average molecular weight is 522 g/mol. The molecule has 2 heterocycles. The highest BCUT2D eigenvalue weighted by Gasteiger charge is 2.23. The van der Waals surface area contributed by atoms with Gasteiger partial charge in [-0.2, -0.15) is 0 Å². The Labute approximate surface area is 221 Å². The van der Waals surface area contributed by atoms with E-state index in [4.69, 9.17) is 19.9 Å². The van der Waals surface area contributed by atoms with Gasteiger partial charge in [0.05, 0.1) is 36.6 Å². The Balaban J connectivity index is 1.39. The fraction of sp³-hybridized carbons (Fsp3) is 0.429. The van der Waals surface area contributed by atoms with Crippen molar-refractivity contribution in [1.82, 2.24) is 20.6 Å². The van der Waals surface area contributed by atoms with Gasteiger partial charge in [0.2, 0.25) is 0 Å². The first-order valence-electron chi connectivity index (χ1n) is 13.1. The Kier molecular flexibility index (Phi) is 9.83. The van der Waals surface area contributed by atoms with E-state index in [2.05, 4.69) is 20.9 Å². The summed E-state index contributed by atoms with van der Waals surface area (Å²) >= 11 is 0. The van der Waals surface area contributed by atoms with Crippen LogP contribution >= 0.6 is 0 Å². The lowest BCUT2D eigenvalue weighted by molar-refractivity contribution is 0.0942. The highest BCUT2D eigenvalue weighted by Crippen LogP contribution is 2.29. The summed E-state index contributed by atoms with van der Waals surface area (Å²) in [6.07, 6.45) is 4.59. The highest BCUT2D eigenvalue weighted by molar-refractivity contribution is 6.07. The topological polar surface area (TPSA) is 146 Å². The molecule has 1 aromatic carbocycles. The molecule has 4 rings (SSSR count). The summed E-state index contributed by atoms with van der Waals surface area (Å²) < 4.78 is 5.24. The van der Waals surface area contributed by atoms with E-state index in [9.17, 15) is 9.59 Å². The molecule has 0 spiro atoms. The van der Waals surface area contributed by atoms with E-state index in [1.54, 1.807) is 6.20 Å². The molecule has 2 amide bonds. The van der Waals surface area contributed by atoms with E-state index < -0.39 is 6.09 Å². The third-order valence-electron chi connectivity index (χ3n) is 6.87. The second-order valence-corrected chi connectivity index (χ2v) is 9.55. The van der Waals surface area contributed by atoms with E-state index in [0.29, 0.717) is 61.8 Å². The molecule has 38 heavy (non-hydrogen) atoms. The van der Waals surface area contributed by atoms with Crippen LogP contribution in [0.1, 0.15) is 36.0 Å². The number of amides is 2. The number of rotatable bonds is 12. The normalized spacial score (nSPS) is 17.2. The first-order valence-corrected chi connectivity index (χ1v) is 13.1. The number of nitrogens with zero attached hydrogens (tertiary/aromatic N) is 2. The number of ether oxygens (including phenoxy) is 1. The number of aliphatic hydroxyl groups excluding tert-OH is 1. The molecule has 1 aliphatic rings. The van der Waals surface area contributed by atoms with Crippen molar-refractivity contribution in [2.24, 2.45) is 11.8 Å². The molecule has 1 aliphatic carbocycles. The van der Waals surface area contributed by atoms with Crippen LogP contribution < -0.4 is 16.0 Å². The van der Waals surface area contributed by atoms with Crippen LogP contribution in [0.3, 0.4) is 0 Å². The summed E-state index contributed by atoms with van der Waals surface area (Å²) in [6, 6.07) is 13.2. The Hall–Kier alpha value is -3.76. The molecule has 0 atom stereocenters. The summed E-state index contributed by atoms with van der Waals surface area (Å²) in [5.74, 6) is 1.31. The van der Waals surface area contributed by atoms with Crippen LogP contribution in [-0.4, -0.2) is 71.6 Å². The molecule has 0 bridgehead atoms. The Bertz CT molecular complexity index is 1210. The number of aliphatic hydroxyl groups is 1. The monoisotopic (exact) mass is 521 g/mol. The smallest absolute Gasteiger partial charge is 0.404 e. The number of aromatic nitrogens is 2. The molecule has 5 N–H and O–H groups in total. The number of benzene rings is 1. The number of anilines is 1. The number of carbonyl (C=O) groups is 2. The minimum Gasteiger partial charge on any atom is -0.465 e. The predicted octanol–water partition coefficient (Wildman–Crippen LogP) is 3.52. The number of hydrogen-bond acceptors (Lipinski definition) is 7. The zero-order valence-corrected chi connectivity index (χ0v) is 21.4. The fourth-order valence-corrected chi connectivity index (χ4v) is 4.78. The lowest BCUT2D eigenvalue weighted by atomic mass is 9.82. The van der Waals surface area contributed by atoms with Gasteiger partial charge >= 0.3 is 6.09 Å². The lowest BCUT2D eigenvalue weighted by Crippen LogP contribution is -2.34. The largest absolute Gasteiger partial charge is 0.465 e. The molecule has 0 unspecified atom stereocenters. The third kappa shape index (κ3) is 7.62. The quantitative estimate of drug-likeness (QED) is 0.228. The van der Waals surface area contributed by atoms with Crippen molar-refractivity contribution in [3.63, 3.8) is 0 Å². The molecule has 0 radical (unpaired) electrons. The number of para-hydroxylation sites is 1. The standard InChI is InChI=1S/C28H35N5O5/c34-12-14-38-13-11-29-26-10-9-21(18-30-26)25-15-23(22-3-1-2-4-24(22)33-25)27(35)31-16-19-5-7-20(8-6-19)17-32-28(36)37/h1-4,9-10,15,18-20,32,34H,5-8,11-14,16-17H2,(H,29,30)(H,31,35)(H,36,37). The van der Waals surface area contributed by atoms with Gasteiger partial charge in [-0.25, -0.2) is 14.8 Å². The second kappa shape index (κ2) is 13.7. The minimum atomic E-state index is -0.980. The summed E-state index contributed by atoms with van der Waals surface area (Å²) in [7, 11) is 0. The van der Waals surface area contributed by atoms with Crippen molar-refractivity contribution < 1.29 is 24.5 Å². The van der Waals surface area contributed by atoms with Gasteiger partial charge in [0.25, 0.3) is 5.91 Å². The van der Waals surface area contributed by atoms with Crippen molar-refractivity contribution in [2.45, 2.75) is 25.7 Å². The van der Waals surface area contributed by atoms with E-state index in [1.807, 2.05) is 42.5 Å². The molecule has 0 aliphatic heterocycles. The van der Waals surface area contributed by atoms with Crippen LogP contribution in [0.2, 0.25) is 0 Å². The molecule has 202 valence electrons. The van der Waals surface area contributed by atoms with Gasteiger partial charge in [-0.05, 0) is 61.8 Å². The zero-order chi connectivity index (χ0) is 26.7. The maximum Gasteiger partial charge on any atom is 0.404 e. The van der Waals surface area contributed by atoms with Crippen molar-refractivity contribution in [3.8, 4) is 11.3 Å². The van der Waals surface area contributed by atoms with Gasteiger partial charge in [0.1, 0.15) is 5.82 Å². The second-order valence-electron chi connectivity index (χ2n) is 9.55. The first-order chi connectivity index (χ1) is 18.5. The van der Waals surface area contributed by atoms with Gasteiger partial charge in [-0.3, -0.25) is 4.79 Å². The maximum atomic E-state index is 13.3. The number of hydrogen-bond donors (Lipinski definition) is 5. The molecular formula is C28H35N5O5. The van der Waals surface area contributed by atoms with Crippen molar-refractivity contribution in [1.29, 1.82) is 0 Å². The van der Waals surface area contributed by atoms with Crippen LogP contribution in [0.4, 0.5) is 10.6 Å². The Morgan fingerprint density at radius 2 is 1.71 bits per heavy atom. The first kappa shape index (κ1) is 27.3. The molecule has 10 nitrogen and oxygen atoms in total. The van der Waals surface area contributed by atoms with Gasteiger partial charge in [0.15, 0.2) is 0 Å². The SMILES string of the molecule is O=C(O)NCC1CCC(CNC(=O)c2cc(-c3ccc(NCCOCCO)nc3)nc3ccccc23)CC1. The van der Waals surface area contributed by atoms with E-state index in [1.165, 1.54) is 0 Å². The summed E-state index contributed by atoms with van der Waals surface area (Å²) in [6.45, 7) is 2.44. The van der Waals surface area contributed by atoms with Gasteiger partial charge < -0.3 is 30.9 Å². The number of carbonyl (C=O) groups excluding carboxylic acids is 1. The molecule has 1 saturated carbocycles. The van der Waals surface area contributed by atoms with Crippen molar-refractivity contribution >= 4 is 28.7 Å². The number of fused-ring (bicyclic) bond motifs is 1. The molecule has 1 fully saturated rings. The highest BCUT2D eigenvalue weighted by atomic mass is 16.5. The van der Waals surface area contributed by atoms with Crippen LogP contribution in [0.5, 0.6) is 0 Å². The predicted molar refractivity (Wildman–Crippen MR) is 145 cm³/mol. The van der Waals surface area contributed by atoms with Crippen LogP contribution in [0.15, 0.2) is 48.7 Å². The van der Waals surface area contributed by atoms with Crippen molar-refractivity contribution in [3.05, 3.63) is 54.2 Å². The molecule has 2 aromatic heterocycles. The van der Waals surface area contributed by atoms with Crippen LogP contribution in [-0.2, 0) is 4.74 Å². The van der Waals surface area contributed by atoms with Crippen LogP contribution in [0, 0.1) is 11.8 Å². The van der Waals surface area contributed by atoms with E-state index >= 15 is 0 Å². The molecule has 0 saturated heterocycles. The summed E-state index contributed by atoms with van der Waals surface area (Å²) in [5, 5.41) is 27.1. The van der Waals surface area contributed by atoms with E-state index in [-0.39, 0.29) is 12.5 Å². The van der Waals surface area contributed by atoms with Crippen LogP contribution in [0.25, 0.3) is 22.2 Å². The summed E-state index contributed by atoms with van der Waals surface area (Å²) in [4.78, 5) is 33.3. The Morgan fingerprint density at radius 3 is 2.39 bits per heavy atom. The molecular weight excluding hydrogens is 486 g/mol. The number of carboxylic acid groups (broad SMARTS) is 1. The average Bonchev–Trinajstić information content (AvgIpc) is 2.95.